The lowest BCUT2D eigenvalue weighted by Gasteiger charge is -2.38. The van der Waals surface area contributed by atoms with Crippen molar-refractivity contribution in [1.29, 1.82) is 0 Å². The normalized spacial score (nSPS) is 16.7. The minimum atomic E-state index is -4.38. The third kappa shape index (κ3) is 2.52. The number of halogens is 3. The van der Waals surface area contributed by atoms with Crippen molar-refractivity contribution in [3.05, 3.63) is 23.9 Å². The van der Waals surface area contributed by atoms with Crippen molar-refractivity contribution >= 4 is 5.82 Å². The van der Waals surface area contributed by atoms with Crippen molar-refractivity contribution < 1.29 is 13.2 Å². The number of alkyl halides is 3. The quantitative estimate of drug-likeness (QED) is 0.881. The molecule has 0 saturated carbocycles. The second-order valence-electron chi connectivity index (χ2n) is 3.98. The smallest absolute Gasteiger partial charge is 0.351 e. The van der Waals surface area contributed by atoms with Gasteiger partial charge in [-0.05, 0) is 19.1 Å². The van der Waals surface area contributed by atoms with Gasteiger partial charge in [-0.2, -0.15) is 13.2 Å². The Morgan fingerprint density at radius 1 is 1.41 bits per heavy atom. The zero-order chi connectivity index (χ0) is 12.5. The van der Waals surface area contributed by atoms with Gasteiger partial charge < -0.3 is 10.2 Å². The highest BCUT2D eigenvalue weighted by molar-refractivity contribution is 5.42. The van der Waals surface area contributed by atoms with Crippen LogP contribution in [0, 0.1) is 0 Å². The Balaban J connectivity index is 2.25. The maximum Gasteiger partial charge on any atom is 0.433 e. The molecule has 1 aromatic heterocycles. The first-order valence-corrected chi connectivity index (χ1v) is 5.54. The molecule has 17 heavy (non-hydrogen) atoms. The second kappa shape index (κ2) is 4.52. The SMILES string of the molecule is CCN(c1cccc(C(F)(F)F)n1)C1CNC1. The first-order valence-electron chi connectivity index (χ1n) is 5.54. The standard InChI is InChI=1S/C11H14F3N3/c1-2-17(8-6-15-7-8)10-5-3-4-9(16-10)11(12,13)14/h3-5,8,15H,2,6-7H2,1H3. The molecule has 0 aliphatic carbocycles. The monoisotopic (exact) mass is 245 g/mol. The number of aromatic nitrogens is 1. The summed E-state index contributed by atoms with van der Waals surface area (Å²) in [4.78, 5) is 5.59. The van der Waals surface area contributed by atoms with Crippen molar-refractivity contribution in [2.24, 2.45) is 0 Å². The van der Waals surface area contributed by atoms with Gasteiger partial charge in [0.1, 0.15) is 11.5 Å². The molecule has 1 N–H and O–H groups in total. The summed E-state index contributed by atoms with van der Waals surface area (Å²) in [7, 11) is 0. The summed E-state index contributed by atoms with van der Waals surface area (Å²) in [6.07, 6.45) is -4.38. The van der Waals surface area contributed by atoms with Gasteiger partial charge >= 0.3 is 6.18 Å². The van der Waals surface area contributed by atoms with E-state index in [1.165, 1.54) is 6.07 Å². The summed E-state index contributed by atoms with van der Waals surface area (Å²) in [6.45, 7) is 4.17. The Kier molecular flexibility index (Phi) is 3.24. The van der Waals surface area contributed by atoms with Crippen LogP contribution < -0.4 is 10.2 Å². The maximum absolute atomic E-state index is 12.5. The predicted octanol–water partition coefficient (Wildman–Crippen LogP) is 1.90. The Bertz CT molecular complexity index is 388. The van der Waals surface area contributed by atoms with E-state index in [0.717, 1.165) is 19.2 Å². The molecule has 0 atom stereocenters. The fourth-order valence-corrected chi connectivity index (χ4v) is 1.84. The highest BCUT2D eigenvalue weighted by Gasteiger charge is 2.33. The zero-order valence-electron chi connectivity index (χ0n) is 9.46. The van der Waals surface area contributed by atoms with Crippen LogP contribution in [-0.4, -0.2) is 30.7 Å². The molecule has 94 valence electrons. The van der Waals surface area contributed by atoms with Crippen LogP contribution in [0.25, 0.3) is 0 Å². The van der Waals surface area contributed by atoms with E-state index >= 15 is 0 Å². The summed E-state index contributed by atoms with van der Waals surface area (Å²) in [6, 6.07) is 4.27. The first-order chi connectivity index (χ1) is 8.02. The highest BCUT2D eigenvalue weighted by atomic mass is 19.4. The van der Waals surface area contributed by atoms with Crippen LogP contribution in [0.1, 0.15) is 12.6 Å². The van der Waals surface area contributed by atoms with Crippen molar-refractivity contribution in [2.75, 3.05) is 24.5 Å². The maximum atomic E-state index is 12.5. The Hall–Kier alpha value is -1.30. The average Bonchev–Trinajstić information content (AvgIpc) is 2.22. The van der Waals surface area contributed by atoms with Gasteiger partial charge in [-0.1, -0.05) is 6.07 Å². The summed E-state index contributed by atoms with van der Waals surface area (Å²) in [5, 5.41) is 3.10. The van der Waals surface area contributed by atoms with Gasteiger partial charge in [0.2, 0.25) is 0 Å². The van der Waals surface area contributed by atoms with Crippen LogP contribution in [-0.2, 0) is 6.18 Å². The fraction of sp³-hybridized carbons (Fsp3) is 0.545. The topological polar surface area (TPSA) is 28.2 Å². The van der Waals surface area contributed by atoms with Crippen LogP contribution >= 0.6 is 0 Å². The van der Waals surface area contributed by atoms with Gasteiger partial charge in [-0.15, -0.1) is 0 Å². The molecule has 0 radical (unpaired) electrons. The number of pyridine rings is 1. The fourth-order valence-electron chi connectivity index (χ4n) is 1.84. The van der Waals surface area contributed by atoms with E-state index in [2.05, 4.69) is 10.3 Å². The summed E-state index contributed by atoms with van der Waals surface area (Å²) in [5.41, 5.74) is -0.833. The van der Waals surface area contributed by atoms with E-state index in [1.54, 1.807) is 6.07 Å². The average molecular weight is 245 g/mol. The van der Waals surface area contributed by atoms with Gasteiger partial charge in [0, 0.05) is 19.6 Å². The molecule has 6 heteroatoms. The van der Waals surface area contributed by atoms with Crippen LogP contribution in [0.3, 0.4) is 0 Å². The number of anilines is 1. The highest BCUT2D eigenvalue weighted by Crippen LogP contribution is 2.29. The van der Waals surface area contributed by atoms with Crippen molar-refractivity contribution in [2.45, 2.75) is 19.1 Å². The molecule has 1 aliphatic heterocycles. The van der Waals surface area contributed by atoms with Crippen LogP contribution in [0.15, 0.2) is 18.2 Å². The van der Waals surface area contributed by atoms with E-state index in [0.29, 0.717) is 12.4 Å². The lowest BCUT2D eigenvalue weighted by molar-refractivity contribution is -0.141. The zero-order valence-corrected chi connectivity index (χ0v) is 9.46. The molecule has 3 nitrogen and oxygen atoms in total. The predicted molar refractivity (Wildman–Crippen MR) is 58.9 cm³/mol. The first kappa shape index (κ1) is 12.2. The van der Waals surface area contributed by atoms with E-state index in [1.807, 2.05) is 11.8 Å². The van der Waals surface area contributed by atoms with Gasteiger partial charge in [-0.25, -0.2) is 4.98 Å². The molecule has 0 amide bonds. The second-order valence-corrected chi connectivity index (χ2v) is 3.98. The number of likely N-dealkylation sites (N-methyl/N-ethyl adjacent to an activating group) is 1. The summed E-state index contributed by atoms with van der Waals surface area (Å²) in [5.74, 6) is 0.397. The number of hydrogen-bond donors (Lipinski definition) is 1. The van der Waals surface area contributed by atoms with E-state index in [9.17, 15) is 13.2 Å². The minimum absolute atomic E-state index is 0.246. The molecule has 2 rings (SSSR count). The van der Waals surface area contributed by atoms with Crippen LogP contribution in [0.5, 0.6) is 0 Å². The van der Waals surface area contributed by atoms with E-state index in [4.69, 9.17) is 0 Å². The molecule has 0 unspecified atom stereocenters. The largest absolute Gasteiger partial charge is 0.433 e. The van der Waals surface area contributed by atoms with Gasteiger partial charge in [-0.3, -0.25) is 0 Å². The third-order valence-electron chi connectivity index (χ3n) is 2.86. The molecule has 1 fully saturated rings. The molecule has 2 heterocycles. The Labute approximate surface area is 97.6 Å². The molecule has 1 aromatic rings. The molecular weight excluding hydrogens is 231 g/mol. The van der Waals surface area contributed by atoms with Gasteiger partial charge in [0.15, 0.2) is 0 Å². The lowest BCUT2D eigenvalue weighted by Crippen LogP contribution is -2.57. The summed E-state index contributed by atoms with van der Waals surface area (Å²) >= 11 is 0. The molecule has 0 aromatic carbocycles. The van der Waals surface area contributed by atoms with Gasteiger partial charge in [0.05, 0.1) is 6.04 Å². The molecule has 1 saturated heterocycles. The number of hydrogen-bond acceptors (Lipinski definition) is 3. The molecule has 0 bridgehead atoms. The summed E-state index contributed by atoms with van der Waals surface area (Å²) < 4.78 is 37.6. The van der Waals surface area contributed by atoms with Crippen molar-refractivity contribution in [3.63, 3.8) is 0 Å². The molecule has 1 aliphatic rings. The minimum Gasteiger partial charge on any atom is -0.351 e. The van der Waals surface area contributed by atoms with Crippen LogP contribution in [0.2, 0.25) is 0 Å². The third-order valence-corrected chi connectivity index (χ3v) is 2.86. The Morgan fingerprint density at radius 3 is 2.59 bits per heavy atom. The molecule has 0 spiro atoms. The lowest BCUT2D eigenvalue weighted by atomic mass is 10.1. The van der Waals surface area contributed by atoms with E-state index in [-0.39, 0.29) is 6.04 Å². The Morgan fingerprint density at radius 2 is 2.12 bits per heavy atom. The number of nitrogens with zero attached hydrogens (tertiary/aromatic N) is 2. The molecular formula is C11H14F3N3. The van der Waals surface area contributed by atoms with Gasteiger partial charge in [0.25, 0.3) is 0 Å². The van der Waals surface area contributed by atoms with Crippen LogP contribution in [0.4, 0.5) is 19.0 Å². The van der Waals surface area contributed by atoms with E-state index < -0.39 is 11.9 Å². The number of rotatable bonds is 3. The number of nitrogens with one attached hydrogen (secondary N) is 1. The van der Waals surface area contributed by atoms with Crippen molar-refractivity contribution in [3.8, 4) is 0 Å². The van der Waals surface area contributed by atoms with Crippen molar-refractivity contribution in [1.82, 2.24) is 10.3 Å².